The minimum absolute atomic E-state index is 0.128. The number of ketones is 1. The van der Waals surface area contributed by atoms with Crippen LogP contribution < -0.4 is 15.4 Å². The minimum atomic E-state index is -0.394. The Morgan fingerprint density at radius 3 is 2.41 bits per heavy atom. The number of ether oxygens (including phenoxy) is 2. The maximum absolute atomic E-state index is 13.4. The molecule has 12 nitrogen and oxygen atoms in total. The summed E-state index contributed by atoms with van der Waals surface area (Å²) in [4.78, 5) is 38.0. The van der Waals surface area contributed by atoms with Crippen LogP contribution in [0.5, 0.6) is 5.75 Å². The van der Waals surface area contributed by atoms with Gasteiger partial charge in [0.05, 0.1) is 24.0 Å². The number of Topliss-reactive ketones (excluding diaryl/α,β-unsaturated/α-hetero) is 1. The maximum Gasteiger partial charge on any atom is 0.320 e. The molecule has 0 unspecified atom stereocenters. The summed E-state index contributed by atoms with van der Waals surface area (Å²) in [5.41, 5.74) is 2.97. The molecule has 2 aliphatic rings. The lowest BCUT2D eigenvalue weighted by atomic mass is 9.85. The molecule has 6 rings (SSSR count). The molecule has 4 aromatic rings. The number of benzene rings is 1. The molecule has 0 saturated carbocycles. The van der Waals surface area contributed by atoms with Gasteiger partial charge in [-0.2, -0.15) is 0 Å². The van der Waals surface area contributed by atoms with Crippen LogP contribution in [0.1, 0.15) is 113 Å². The number of urea groups is 1. The molecule has 1 fully saturated rings. The van der Waals surface area contributed by atoms with Crippen LogP contribution in [0.15, 0.2) is 48.7 Å². The fourth-order valence-corrected chi connectivity index (χ4v) is 6.40. The zero-order valence-electron chi connectivity index (χ0n) is 29.6. The molecule has 2 N–H and O–H groups in total. The quantitative estimate of drug-likeness (QED) is 0.190. The molecule has 4 heterocycles. The molecule has 1 saturated heterocycles. The number of amides is 2. The van der Waals surface area contributed by atoms with Gasteiger partial charge in [-0.3, -0.25) is 19.4 Å². The van der Waals surface area contributed by atoms with Crippen LogP contribution in [0.3, 0.4) is 0 Å². The number of nitrogens with zero attached hydrogens (tertiary/aromatic N) is 6. The minimum Gasteiger partial charge on any atom is -0.484 e. The van der Waals surface area contributed by atoms with Crippen LogP contribution in [0.25, 0.3) is 5.65 Å². The van der Waals surface area contributed by atoms with E-state index in [1.807, 2.05) is 61.7 Å². The summed E-state index contributed by atoms with van der Waals surface area (Å²) in [6.07, 6.45) is 4.48. The summed E-state index contributed by atoms with van der Waals surface area (Å²) in [5, 5.41) is 14.7. The molecule has 2 atom stereocenters. The average Bonchev–Trinajstić information content (AvgIpc) is 3.47. The van der Waals surface area contributed by atoms with Crippen molar-refractivity contribution >= 4 is 23.3 Å². The number of pyridine rings is 1. The number of nitrogens with one attached hydrogen (secondary N) is 2. The highest BCUT2D eigenvalue weighted by atomic mass is 16.5. The van der Waals surface area contributed by atoms with Gasteiger partial charge >= 0.3 is 6.03 Å². The number of methoxy groups -OCH3 is 1. The molecule has 49 heavy (non-hydrogen) atoms. The van der Waals surface area contributed by atoms with Crippen LogP contribution in [0.2, 0.25) is 0 Å². The van der Waals surface area contributed by atoms with Crippen molar-refractivity contribution in [2.24, 2.45) is 0 Å². The van der Waals surface area contributed by atoms with Crippen LogP contribution in [-0.4, -0.2) is 74.1 Å². The lowest BCUT2D eigenvalue weighted by Crippen LogP contribution is -2.51. The Labute approximate surface area is 288 Å². The first-order valence-corrected chi connectivity index (χ1v) is 17.1. The molecule has 1 aliphatic heterocycles. The zero-order chi connectivity index (χ0) is 34.9. The number of likely N-dealkylation sites (tertiary alicyclic amines) is 1. The SMILES string of the molecule is COC1CN(CCCC(=O)c2nc(NC(=O)N[C@H]3CC[C@@H](Oc4ccc5nnc(C(C)(C)C)n5c4)c4ccccc43)cc(C(C)(C)C)n2)C1. The fraction of sp³-hybridized carbons (Fsp3) is 0.514. The third-order valence-electron chi connectivity index (χ3n) is 9.19. The van der Waals surface area contributed by atoms with Crippen molar-refractivity contribution in [2.45, 2.75) is 96.3 Å². The van der Waals surface area contributed by atoms with Gasteiger partial charge in [-0.1, -0.05) is 65.8 Å². The van der Waals surface area contributed by atoms with Gasteiger partial charge in [0.2, 0.25) is 0 Å². The lowest BCUT2D eigenvalue weighted by molar-refractivity contribution is -0.0294. The third-order valence-corrected chi connectivity index (χ3v) is 9.19. The molecule has 0 bridgehead atoms. The number of anilines is 1. The summed E-state index contributed by atoms with van der Waals surface area (Å²) in [7, 11) is 1.72. The topological polar surface area (TPSA) is 136 Å². The molecule has 1 aromatic carbocycles. The van der Waals surface area contributed by atoms with E-state index in [1.165, 1.54) is 0 Å². The van der Waals surface area contributed by atoms with Gasteiger partial charge in [0.1, 0.15) is 23.5 Å². The molecular weight excluding hydrogens is 620 g/mol. The number of carbonyl (C=O) groups is 2. The van der Waals surface area contributed by atoms with Crippen molar-refractivity contribution in [3.63, 3.8) is 0 Å². The van der Waals surface area contributed by atoms with Crippen molar-refractivity contribution in [1.82, 2.24) is 34.8 Å². The van der Waals surface area contributed by atoms with Crippen molar-refractivity contribution in [3.05, 3.63) is 77.1 Å². The van der Waals surface area contributed by atoms with E-state index in [-0.39, 0.29) is 40.7 Å². The first-order chi connectivity index (χ1) is 23.3. The van der Waals surface area contributed by atoms with E-state index >= 15 is 0 Å². The monoisotopic (exact) mass is 668 g/mol. The Morgan fingerprint density at radius 2 is 1.69 bits per heavy atom. The van der Waals surface area contributed by atoms with Crippen LogP contribution in [0.4, 0.5) is 10.6 Å². The highest BCUT2D eigenvalue weighted by Crippen LogP contribution is 2.39. The predicted molar refractivity (Wildman–Crippen MR) is 187 cm³/mol. The van der Waals surface area contributed by atoms with E-state index < -0.39 is 6.03 Å². The predicted octanol–water partition coefficient (Wildman–Crippen LogP) is 6.18. The average molecular weight is 669 g/mol. The normalized spacial score (nSPS) is 18.5. The second kappa shape index (κ2) is 13.8. The largest absolute Gasteiger partial charge is 0.484 e. The fourth-order valence-electron chi connectivity index (χ4n) is 6.40. The van der Waals surface area contributed by atoms with Crippen LogP contribution in [-0.2, 0) is 15.6 Å². The lowest BCUT2D eigenvalue weighted by Gasteiger charge is -2.38. The smallest absolute Gasteiger partial charge is 0.320 e. The van der Waals surface area contributed by atoms with Crippen molar-refractivity contribution < 1.29 is 19.1 Å². The molecule has 2 amide bonds. The number of aromatic nitrogens is 5. The van der Waals surface area contributed by atoms with Gasteiger partial charge in [0, 0.05) is 43.5 Å². The van der Waals surface area contributed by atoms with Gasteiger partial charge in [0.25, 0.3) is 0 Å². The molecule has 0 radical (unpaired) electrons. The number of carbonyl (C=O) groups excluding carboxylic acids is 2. The number of fused-ring (bicyclic) bond motifs is 2. The van der Waals surface area contributed by atoms with Gasteiger partial charge < -0.3 is 14.8 Å². The zero-order valence-corrected chi connectivity index (χ0v) is 29.6. The van der Waals surface area contributed by atoms with Crippen molar-refractivity contribution in [1.29, 1.82) is 0 Å². The second-order valence-corrected chi connectivity index (χ2v) is 15.2. The molecule has 0 spiro atoms. The van der Waals surface area contributed by atoms with E-state index in [1.54, 1.807) is 13.2 Å². The first-order valence-electron chi connectivity index (χ1n) is 17.1. The van der Waals surface area contributed by atoms with E-state index in [0.29, 0.717) is 37.2 Å². The molecule has 1 aliphatic carbocycles. The number of hydrogen-bond donors (Lipinski definition) is 2. The van der Waals surface area contributed by atoms with Gasteiger partial charge in [0.15, 0.2) is 17.3 Å². The maximum atomic E-state index is 13.4. The van der Waals surface area contributed by atoms with E-state index in [9.17, 15) is 9.59 Å². The Bertz CT molecular complexity index is 1820. The third kappa shape index (κ3) is 7.91. The Balaban J connectivity index is 1.13. The molecule has 3 aromatic heterocycles. The van der Waals surface area contributed by atoms with Crippen molar-refractivity contribution in [3.8, 4) is 5.75 Å². The number of hydrogen-bond acceptors (Lipinski definition) is 9. The summed E-state index contributed by atoms with van der Waals surface area (Å²) in [5.74, 6) is 1.89. The van der Waals surface area contributed by atoms with Crippen molar-refractivity contribution in [2.75, 3.05) is 32.1 Å². The van der Waals surface area contributed by atoms with E-state index in [0.717, 1.165) is 48.0 Å². The molecule has 12 heteroatoms. The van der Waals surface area contributed by atoms with Gasteiger partial charge in [-0.15, -0.1) is 10.2 Å². The Hall–Kier alpha value is -4.42. The summed E-state index contributed by atoms with van der Waals surface area (Å²) < 4.78 is 13.9. The summed E-state index contributed by atoms with van der Waals surface area (Å²) in [6.45, 7) is 15.0. The van der Waals surface area contributed by atoms with Gasteiger partial charge in [-0.25, -0.2) is 14.8 Å². The standard InChI is InChI=1S/C37H48N8O4/c1-36(2,3)30-19-31(40-33(39-30)28(46)13-10-18-44-20-24(21-44)48-7)41-35(47)38-27-15-16-29(26-12-9-8-11-25(26)27)49-23-14-17-32-42-43-34(37(4,5)6)45(32)22-23/h8-9,11-12,14,17,19,22,24,27,29H,10,13,15-16,18,20-21H2,1-7H3,(H2,38,39,40,41,47)/t27-,29+/m0/s1. The Morgan fingerprint density at radius 1 is 0.939 bits per heavy atom. The second-order valence-electron chi connectivity index (χ2n) is 15.2. The first kappa shape index (κ1) is 34.4. The number of rotatable bonds is 10. The highest BCUT2D eigenvalue weighted by molar-refractivity contribution is 5.94. The van der Waals surface area contributed by atoms with E-state index in [2.05, 4.69) is 62.5 Å². The summed E-state index contributed by atoms with van der Waals surface area (Å²) in [6, 6.07) is 13.0. The summed E-state index contributed by atoms with van der Waals surface area (Å²) >= 11 is 0. The molecular formula is C37H48N8O4. The highest BCUT2D eigenvalue weighted by Gasteiger charge is 2.31. The van der Waals surface area contributed by atoms with E-state index in [4.69, 9.17) is 9.47 Å². The Kier molecular flexibility index (Phi) is 9.72. The van der Waals surface area contributed by atoms with Gasteiger partial charge in [-0.05, 0) is 49.1 Å². The molecule has 260 valence electrons. The van der Waals surface area contributed by atoms with Crippen LogP contribution in [0, 0.1) is 0 Å². The van der Waals surface area contributed by atoms with Crippen LogP contribution >= 0.6 is 0 Å².